The van der Waals surface area contributed by atoms with Crippen LogP contribution in [0.25, 0.3) is 0 Å². The van der Waals surface area contributed by atoms with Crippen molar-refractivity contribution >= 4 is 21.7 Å². The molecule has 92 valence electrons. The Hall–Kier alpha value is -0.870. The highest BCUT2D eigenvalue weighted by atomic mass is 79.9. The molecule has 17 heavy (non-hydrogen) atoms. The molecular weight excluding hydrogens is 284 g/mol. The summed E-state index contributed by atoms with van der Waals surface area (Å²) in [6, 6.07) is 5.52. The van der Waals surface area contributed by atoms with E-state index in [4.69, 9.17) is 9.47 Å². The molecule has 0 radical (unpaired) electrons. The van der Waals surface area contributed by atoms with E-state index in [-0.39, 0.29) is 5.78 Å². The van der Waals surface area contributed by atoms with E-state index in [2.05, 4.69) is 15.9 Å². The number of fused-ring (bicyclic) bond motifs is 1. The lowest BCUT2D eigenvalue weighted by molar-refractivity contribution is -0.180. The molecule has 4 heteroatoms. The van der Waals surface area contributed by atoms with E-state index in [0.29, 0.717) is 18.4 Å². The summed E-state index contributed by atoms with van der Waals surface area (Å²) < 4.78 is 11.2. The Morgan fingerprint density at radius 2 is 2.24 bits per heavy atom. The van der Waals surface area contributed by atoms with Crippen LogP contribution in [-0.2, 0) is 11.3 Å². The van der Waals surface area contributed by atoms with Crippen LogP contribution >= 0.6 is 15.9 Å². The van der Waals surface area contributed by atoms with Crippen molar-refractivity contribution < 1.29 is 14.3 Å². The first-order valence-corrected chi connectivity index (χ1v) is 6.69. The van der Waals surface area contributed by atoms with Crippen LogP contribution in [0, 0.1) is 0 Å². The van der Waals surface area contributed by atoms with Crippen molar-refractivity contribution in [3.63, 3.8) is 0 Å². The summed E-state index contributed by atoms with van der Waals surface area (Å²) in [6.07, 6.45) is 0.506. The number of alkyl halides is 1. The van der Waals surface area contributed by atoms with E-state index in [1.807, 2.05) is 32.0 Å². The third-order valence-corrected chi connectivity index (χ3v) is 3.03. The number of carbonyl (C=O) groups excluding carboxylic acids is 1. The molecule has 1 aliphatic rings. The lowest BCUT2D eigenvalue weighted by Gasteiger charge is -2.32. The highest BCUT2D eigenvalue weighted by Gasteiger charge is 2.27. The molecule has 0 saturated carbocycles. The zero-order valence-corrected chi connectivity index (χ0v) is 11.5. The molecule has 0 unspecified atom stereocenters. The summed E-state index contributed by atoms with van der Waals surface area (Å²) in [5, 5.41) is 0.683. The fraction of sp³-hybridized carbons (Fsp3) is 0.462. The topological polar surface area (TPSA) is 35.5 Å². The normalized spacial score (nSPS) is 17.1. The minimum Gasteiger partial charge on any atom is -0.463 e. The van der Waals surface area contributed by atoms with Gasteiger partial charge < -0.3 is 9.47 Å². The number of carbonyl (C=O) groups is 1. The second-order valence-corrected chi connectivity index (χ2v) is 5.27. The van der Waals surface area contributed by atoms with Gasteiger partial charge in [0, 0.05) is 36.7 Å². The highest BCUT2D eigenvalue weighted by molar-refractivity contribution is 9.09. The van der Waals surface area contributed by atoms with E-state index in [9.17, 15) is 4.79 Å². The molecule has 0 amide bonds. The monoisotopic (exact) mass is 298 g/mol. The van der Waals surface area contributed by atoms with Gasteiger partial charge in [-0.25, -0.2) is 0 Å². The summed E-state index contributed by atoms with van der Waals surface area (Å²) in [5.74, 6) is 0.347. The molecule has 0 saturated heterocycles. The molecule has 0 aliphatic carbocycles. The van der Waals surface area contributed by atoms with Crippen LogP contribution in [0.5, 0.6) is 5.75 Å². The first-order chi connectivity index (χ1) is 8.02. The molecule has 0 atom stereocenters. The predicted molar refractivity (Wildman–Crippen MR) is 68.7 cm³/mol. The molecule has 1 aliphatic heterocycles. The SMILES string of the molecule is CC1(C)OCc2cc(C(=O)CCBr)ccc2O1. The van der Waals surface area contributed by atoms with Crippen molar-refractivity contribution in [1.82, 2.24) is 0 Å². The third kappa shape index (κ3) is 2.87. The zero-order chi connectivity index (χ0) is 12.5. The minimum absolute atomic E-state index is 0.134. The number of benzene rings is 1. The quantitative estimate of drug-likeness (QED) is 0.634. The predicted octanol–water partition coefficient (Wildman–Crippen LogP) is 3.30. The maximum atomic E-state index is 11.7. The summed E-state index contributed by atoms with van der Waals surface area (Å²) in [6.45, 7) is 4.23. The van der Waals surface area contributed by atoms with Crippen molar-refractivity contribution in [3.8, 4) is 5.75 Å². The average Bonchev–Trinajstić information content (AvgIpc) is 2.27. The van der Waals surface area contributed by atoms with Gasteiger partial charge in [0.1, 0.15) is 5.75 Å². The van der Waals surface area contributed by atoms with Crippen LogP contribution in [0.15, 0.2) is 18.2 Å². The van der Waals surface area contributed by atoms with E-state index < -0.39 is 5.79 Å². The molecule has 3 nitrogen and oxygen atoms in total. The number of hydrogen-bond donors (Lipinski definition) is 0. The number of hydrogen-bond acceptors (Lipinski definition) is 3. The van der Waals surface area contributed by atoms with Gasteiger partial charge in [-0.15, -0.1) is 0 Å². The molecule has 0 aromatic heterocycles. The lowest BCUT2D eigenvalue weighted by atomic mass is 10.0. The van der Waals surface area contributed by atoms with Crippen molar-refractivity contribution in [2.75, 3.05) is 5.33 Å². The Morgan fingerprint density at radius 3 is 2.94 bits per heavy atom. The Balaban J connectivity index is 2.24. The van der Waals surface area contributed by atoms with Crippen molar-refractivity contribution in [1.29, 1.82) is 0 Å². The fourth-order valence-electron chi connectivity index (χ4n) is 1.74. The summed E-state index contributed by atoms with van der Waals surface area (Å²) >= 11 is 3.27. The third-order valence-electron chi connectivity index (χ3n) is 2.64. The van der Waals surface area contributed by atoms with Gasteiger partial charge in [0.15, 0.2) is 5.78 Å². The van der Waals surface area contributed by atoms with Crippen molar-refractivity contribution in [3.05, 3.63) is 29.3 Å². The maximum absolute atomic E-state index is 11.7. The summed E-state index contributed by atoms with van der Waals surface area (Å²) in [5.41, 5.74) is 1.65. The van der Waals surface area contributed by atoms with Gasteiger partial charge in [-0.05, 0) is 18.2 Å². The molecule has 0 spiro atoms. The van der Waals surface area contributed by atoms with Crippen LogP contribution in [0.1, 0.15) is 36.2 Å². The zero-order valence-electron chi connectivity index (χ0n) is 9.96. The first kappa shape index (κ1) is 12.6. The van der Waals surface area contributed by atoms with Gasteiger partial charge >= 0.3 is 0 Å². The molecule has 1 aromatic carbocycles. The molecule has 0 bridgehead atoms. The molecule has 0 N–H and O–H groups in total. The number of ketones is 1. The number of halogens is 1. The van der Waals surface area contributed by atoms with E-state index in [1.54, 1.807) is 0 Å². The molecule has 1 heterocycles. The average molecular weight is 299 g/mol. The smallest absolute Gasteiger partial charge is 0.205 e. The van der Waals surface area contributed by atoms with Gasteiger partial charge in [0.05, 0.1) is 6.61 Å². The second-order valence-electron chi connectivity index (χ2n) is 4.48. The summed E-state index contributed by atoms with van der Waals surface area (Å²) in [4.78, 5) is 11.7. The van der Waals surface area contributed by atoms with E-state index >= 15 is 0 Å². The van der Waals surface area contributed by atoms with Crippen LogP contribution in [0.3, 0.4) is 0 Å². The summed E-state index contributed by atoms with van der Waals surface area (Å²) in [7, 11) is 0. The van der Waals surface area contributed by atoms with Gasteiger partial charge in [-0.2, -0.15) is 0 Å². The Labute approximate surface area is 109 Å². The minimum atomic E-state index is -0.589. The standard InChI is InChI=1S/C13H15BrO3/c1-13(2)16-8-10-7-9(11(15)5-6-14)3-4-12(10)17-13/h3-4,7H,5-6,8H2,1-2H3. The molecule has 1 aromatic rings. The van der Waals surface area contributed by atoms with Gasteiger partial charge in [-0.3, -0.25) is 4.79 Å². The molecule has 2 rings (SSSR count). The van der Waals surface area contributed by atoms with E-state index in [0.717, 1.165) is 16.9 Å². The largest absolute Gasteiger partial charge is 0.463 e. The number of Topliss-reactive ketones (excluding diaryl/α,β-unsaturated/α-hetero) is 1. The highest BCUT2D eigenvalue weighted by Crippen LogP contribution is 2.31. The lowest BCUT2D eigenvalue weighted by Crippen LogP contribution is -2.35. The Bertz CT molecular complexity index is 440. The van der Waals surface area contributed by atoms with Crippen LogP contribution < -0.4 is 4.74 Å². The number of ether oxygens (including phenoxy) is 2. The van der Waals surface area contributed by atoms with Crippen molar-refractivity contribution in [2.24, 2.45) is 0 Å². The van der Waals surface area contributed by atoms with Gasteiger partial charge in [-0.1, -0.05) is 15.9 Å². The number of rotatable bonds is 3. The molecular formula is C13H15BrO3. The van der Waals surface area contributed by atoms with Gasteiger partial charge in [0.2, 0.25) is 5.79 Å². The van der Waals surface area contributed by atoms with Crippen LogP contribution in [-0.4, -0.2) is 16.9 Å². The second kappa shape index (κ2) is 4.78. The Morgan fingerprint density at radius 1 is 1.47 bits per heavy atom. The van der Waals surface area contributed by atoms with Gasteiger partial charge in [0.25, 0.3) is 0 Å². The first-order valence-electron chi connectivity index (χ1n) is 5.57. The van der Waals surface area contributed by atoms with Crippen LogP contribution in [0.4, 0.5) is 0 Å². The van der Waals surface area contributed by atoms with Crippen LogP contribution in [0.2, 0.25) is 0 Å². The fourth-order valence-corrected chi connectivity index (χ4v) is 2.10. The van der Waals surface area contributed by atoms with E-state index in [1.165, 1.54) is 0 Å². The molecule has 0 fully saturated rings. The van der Waals surface area contributed by atoms with Crippen molar-refractivity contribution in [2.45, 2.75) is 32.7 Å². The maximum Gasteiger partial charge on any atom is 0.205 e. The Kier molecular flexibility index (Phi) is 3.54.